The van der Waals surface area contributed by atoms with E-state index in [4.69, 9.17) is 5.73 Å². The fourth-order valence-corrected chi connectivity index (χ4v) is 1.85. The van der Waals surface area contributed by atoms with Crippen molar-refractivity contribution < 1.29 is 5.11 Å². The lowest BCUT2D eigenvalue weighted by Gasteiger charge is -2.35. The van der Waals surface area contributed by atoms with Gasteiger partial charge in [-0.3, -0.25) is 14.3 Å². The minimum Gasteiger partial charge on any atom is -0.394 e. The van der Waals surface area contributed by atoms with Crippen LogP contribution in [0, 0.1) is 0 Å². The van der Waals surface area contributed by atoms with Crippen molar-refractivity contribution in [3.63, 3.8) is 0 Å². The van der Waals surface area contributed by atoms with Gasteiger partial charge in [-0.2, -0.15) is 0 Å². The number of unbranched alkanes of at least 4 members (excludes halogenated alkanes) is 1. The summed E-state index contributed by atoms with van der Waals surface area (Å²) in [6.45, 7) is 5.89. The van der Waals surface area contributed by atoms with Crippen LogP contribution < -0.4 is 21.9 Å². The molecule has 1 aromatic rings. The Morgan fingerprint density at radius 1 is 1.40 bits per heavy atom. The summed E-state index contributed by atoms with van der Waals surface area (Å²) in [6, 6.07) is 0. The Morgan fingerprint density at radius 3 is 2.50 bits per heavy atom. The molecule has 0 aliphatic rings. The summed E-state index contributed by atoms with van der Waals surface area (Å²) in [6.07, 6.45) is 1.71. The van der Waals surface area contributed by atoms with E-state index in [-0.39, 0.29) is 18.1 Å². The molecule has 0 aliphatic carbocycles. The Morgan fingerprint density at radius 2 is 2.00 bits per heavy atom. The average Bonchev–Trinajstić information content (AvgIpc) is 2.38. The van der Waals surface area contributed by atoms with Crippen molar-refractivity contribution in [2.45, 2.75) is 45.7 Å². The molecule has 0 spiro atoms. The summed E-state index contributed by atoms with van der Waals surface area (Å²) in [5.41, 5.74) is 4.51. The van der Waals surface area contributed by atoms with Crippen LogP contribution in [0.3, 0.4) is 0 Å². The number of aromatic nitrogens is 2. The Kier molecular flexibility index (Phi) is 4.99. The van der Waals surface area contributed by atoms with E-state index in [1.807, 2.05) is 6.92 Å². The molecule has 0 saturated carbocycles. The van der Waals surface area contributed by atoms with Crippen LogP contribution in [0.4, 0.5) is 11.5 Å². The molecule has 20 heavy (non-hydrogen) atoms. The molecule has 4 N–H and O–H groups in total. The van der Waals surface area contributed by atoms with Crippen molar-refractivity contribution in [3.05, 3.63) is 20.8 Å². The van der Waals surface area contributed by atoms with E-state index in [0.29, 0.717) is 6.54 Å². The Bertz CT molecular complexity index is 574. The number of nitrogen functional groups attached to an aromatic ring is 1. The molecule has 0 unspecified atom stereocenters. The smallest absolute Gasteiger partial charge is 0.330 e. The second-order valence-electron chi connectivity index (χ2n) is 5.53. The summed E-state index contributed by atoms with van der Waals surface area (Å²) in [7, 11) is 1.67. The highest BCUT2D eigenvalue weighted by Crippen LogP contribution is 2.23. The zero-order valence-corrected chi connectivity index (χ0v) is 12.6. The summed E-state index contributed by atoms with van der Waals surface area (Å²) in [5.74, 6) is 0.135. The van der Waals surface area contributed by atoms with E-state index < -0.39 is 16.8 Å². The van der Waals surface area contributed by atoms with Gasteiger partial charge >= 0.3 is 5.69 Å². The third kappa shape index (κ3) is 3.04. The number of nitrogens with two attached hydrogens (primary N) is 1. The number of nitrogens with one attached hydrogen (secondary N) is 1. The van der Waals surface area contributed by atoms with E-state index in [9.17, 15) is 14.7 Å². The van der Waals surface area contributed by atoms with E-state index >= 15 is 0 Å². The van der Waals surface area contributed by atoms with Crippen molar-refractivity contribution in [2.75, 3.05) is 24.3 Å². The molecular weight excluding hydrogens is 260 g/mol. The van der Waals surface area contributed by atoms with Crippen LogP contribution in [-0.4, -0.2) is 33.9 Å². The number of anilines is 2. The number of hydrogen-bond donors (Lipinski definition) is 3. The lowest BCUT2D eigenvalue weighted by Crippen LogP contribution is -2.48. The second kappa shape index (κ2) is 6.13. The fourth-order valence-electron chi connectivity index (χ4n) is 1.85. The highest BCUT2D eigenvalue weighted by atomic mass is 16.3. The number of aliphatic hydroxyl groups excluding tert-OH is 1. The minimum atomic E-state index is -0.659. The molecule has 1 rings (SSSR count). The predicted octanol–water partition coefficient (Wildman–Crippen LogP) is 0.126. The molecule has 0 aromatic carbocycles. The first kappa shape index (κ1) is 16.3. The maximum absolute atomic E-state index is 12.0. The van der Waals surface area contributed by atoms with Crippen LogP contribution in [0.25, 0.3) is 0 Å². The van der Waals surface area contributed by atoms with Crippen molar-refractivity contribution >= 4 is 11.5 Å². The van der Waals surface area contributed by atoms with Crippen LogP contribution in [0.15, 0.2) is 9.59 Å². The first-order chi connectivity index (χ1) is 9.26. The third-order valence-corrected chi connectivity index (χ3v) is 3.58. The van der Waals surface area contributed by atoms with E-state index in [2.05, 4.69) is 4.98 Å². The zero-order valence-electron chi connectivity index (χ0n) is 12.6. The molecule has 0 radical (unpaired) electrons. The monoisotopic (exact) mass is 284 g/mol. The average molecular weight is 284 g/mol. The fraction of sp³-hybridized carbons (Fsp3) is 0.692. The zero-order chi connectivity index (χ0) is 15.5. The molecule has 0 saturated heterocycles. The molecular formula is C13H24N4O3. The summed E-state index contributed by atoms with van der Waals surface area (Å²) < 4.78 is 1.37. The van der Waals surface area contributed by atoms with Crippen molar-refractivity contribution in [1.82, 2.24) is 9.55 Å². The number of aromatic amines is 1. The van der Waals surface area contributed by atoms with Gasteiger partial charge in [0, 0.05) is 13.6 Å². The number of aliphatic hydroxyl groups is 1. The van der Waals surface area contributed by atoms with Gasteiger partial charge in [0.25, 0.3) is 5.56 Å². The lowest BCUT2D eigenvalue weighted by molar-refractivity contribution is 0.216. The van der Waals surface area contributed by atoms with Crippen molar-refractivity contribution in [3.8, 4) is 0 Å². The van der Waals surface area contributed by atoms with Gasteiger partial charge in [0.2, 0.25) is 0 Å². The topological polar surface area (TPSA) is 104 Å². The van der Waals surface area contributed by atoms with Crippen LogP contribution in [0.5, 0.6) is 0 Å². The Balaban J connectivity index is 3.41. The SMILES string of the molecule is CCCCn1c(N)c(N(C)C(C)(C)CO)c(=O)[nH]c1=O. The van der Waals surface area contributed by atoms with Gasteiger partial charge in [-0.15, -0.1) is 0 Å². The van der Waals surface area contributed by atoms with E-state index in [0.717, 1.165) is 12.8 Å². The first-order valence-corrected chi connectivity index (χ1v) is 6.73. The highest BCUT2D eigenvalue weighted by Gasteiger charge is 2.27. The van der Waals surface area contributed by atoms with Gasteiger partial charge < -0.3 is 15.7 Å². The molecule has 1 heterocycles. The van der Waals surface area contributed by atoms with Gasteiger partial charge in [0.15, 0.2) is 0 Å². The number of nitrogens with zero attached hydrogens (tertiary/aromatic N) is 2. The third-order valence-electron chi connectivity index (χ3n) is 3.58. The standard InChI is InChI=1S/C13H24N4O3/c1-5-6-7-17-10(14)9(11(19)15-12(17)20)16(4)13(2,3)8-18/h18H,5-8,14H2,1-4H3,(H,15,19,20). The second-order valence-corrected chi connectivity index (χ2v) is 5.53. The molecule has 0 fully saturated rings. The van der Waals surface area contributed by atoms with Crippen LogP contribution in [0.2, 0.25) is 0 Å². The quantitative estimate of drug-likeness (QED) is 0.688. The molecule has 7 heteroatoms. The molecule has 1 aromatic heterocycles. The van der Waals surface area contributed by atoms with Crippen molar-refractivity contribution in [1.29, 1.82) is 0 Å². The molecule has 0 aliphatic heterocycles. The molecule has 0 bridgehead atoms. The largest absolute Gasteiger partial charge is 0.394 e. The summed E-state index contributed by atoms with van der Waals surface area (Å²) >= 11 is 0. The predicted molar refractivity (Wildman–Crippen MR) is 80.2 cm³/mol. The molecule has 7 nitrogen and oxygen atoms in total. The molecule has 0 amide bonds. The normalized spacial score (nSPS) is 11.7. The highest BCUT2D eigenvalue weighted by molar-refractivity contribution is 5.63. The lowest BCUT2D eigenvalue weighted by atomic mass is 10.0. The Labute approximate surface area is 118 Å². The molecule has 0 atom stereocenters. The maximum Gasteiger partial charge on any atom is 0.330 e. The Hall–Kier alpha value is -1.76. The van der Waals surface area contributed by atoms with Gasteiger partial charge in [-0.1, -0.05) is 13.3 Å². The maximum atomic E-state index is 12.0. The number of H-pyrrole nitrogens is 1. The summed E-state index contributed by atoms with van der Waals surface area (Å²) in [5, 5.41) is 9.41. The number of hydrogen-bond acceptors (Lipinski definition) is 5. The number of rotatable bonds is 6. The van der Waals surface area contributed by atoms with Crippen molar-refractivity contribution in [2.24, 2.45) is 0 Å². The minimum absolute atomic E-state index is 0.135. The van der Waals surface area contributed by atoms with Crippen LogP contribution >= 0.6 is 0 Å². The molecule has 114 valence electrons. The van der Waals surface area contributed by atoms with Gasteiger partial charge in [-0.25, -0.2) is 4.79 Å². The van der Waals surface area contributed by atoms with Gasteiger partial charge in [-0.05, 0) is 20.3 Å². The first-order valence-electron chi connectivity index (χ1n) is 6.73. The van der Waals surface area contributed by atoms with E-state index in [1.54, 1.807) is 25.8 Å². The van der Waals surface area contributed by atoms with Crippen LogP contribution in [0.1, 0.15) is 33.6 Å². The van der Waals surface area contributed by atoms with E-state index in [1.165, 1.54) is 4.57 Å². The van der Waals surface area contributed by atoms with Gasteiger partial charge in [0.1, 0.15) is 11.5 Å². The van der Waals surface area contributed by atoms with Crippen LogP contribution in [-0.2, 0) is 6.54 Å². The summed E-state index contributed by atoms with van der Waals surface area (Å²) in [4.78, 5) is 27.7. The van der Waals surface area contributed by atoms with Gasteiger partial charge in [0.05, 0.1) is 12.1 Å². The number of likely N-dealkylation sites (N-methyl/N-ethyl adjacent to an activating group) is 1.